The van der Waals surface area contributed by atoms with Gasteiger partial charge in [0.1, 0.15) is 0 Å². The van der Waals surface area contributed by atoms with Gasteiger partial charge in [0, 0.05) is 12.7 Å². The number of carbonyl (C=O) groups is 2. The Morgan fingerprint density at radius 2 is 1.68 bits per heavy atom. The first kappa shape index (κ1) is 18.8. The number of hydrogen-bond donors (Lipinski definition) is 2. The second-order valence-electron chi connectivity index (χ2n) is 5.64. The molecule has 0 heterocycles. The first-order valence-electron chi connectivity index (χ1n) is 8.11. The average Bonchev–Trinajstić information content (AvgIpc) is 2.61. The van der Waals surface area contributed by atoms with Crippen molar-refractivity contribution in [3.8, 4) is 0 Å². The van der Waals surface area contributed by atoms with Crippen LogP contribution >= 0.6 is 11.6 Å². The Hall–Kier alpha value is -2.53. The molecule has 0 saturated heterocycles. The van der Waals surface area contributed by atoms with Crippen LogP contribution in [0.3, 0.4) is 0 Å². The predicted molar refractivity (Wildman–Crippen MR) is 102 cm³/mol. The number of amides is 2. The molecule has 0 aromatic heterocycles. The third kappa shape index (κ3) is 5.50. The van der Waals surface area contributed by atoms with Crippen LogP contribution in [0.1, 0.15) is 12.5 Å². The molecule has 0 fully saturated rings. The monoisotopic (exact) mass is 359 g/mol. The molecule has 0 spiro atoms. The lowest BCUT2D eigenvalue weighted by molar-refractivity contribution is -0.131. The van der Waals surface area contributed by atoms with E-state index in [4.69, 9.17) is 11.6 Å². The molecule has 6 heteroatoms. The molecular formula is C19H22ClN3O2. The van der Waals surface area contributed by atoms with Crippen LogP contribution in [0.2, 0.25) is 5.02 Å². The number of nitrogens with one attached hydrogen (secondary N) is 2. The Kier molecular flexibility index (Phi) is 6.83. The first-order valence-corrected chi connectivity index (χ1v) is 8.49. The fourth-order valence-electron chi connectivity index (χ4n) is 2.36. The minimum Gasteiger partial charge on any atom is -0.376 e. The summed E-state index contributed by atoms with van der Waals surface area (Å²) < 4.78 is 0. The second-order valence-corrected chi connectivity index (χ2v) is 6.05. The summed E-state index contributed by atoms with van der Waals surface area (Å²) >= 11 is 6.01. The van der Waals surface area contributed by atoms with E-state index in [0.717, 1.165) is 17.7 Å². The van der Waals surface area contributed by atoms with E-state index >= 15 is 0 Å². The van der Waals surface area contributed by atoms with E-state index in [9.17, 15) is 9.59 Å². The van der Waals surface area contributed by atoms with Crippen LogP contribution in [-0.4, -0.2) is 36.9 Å². The van der Waals surface area contributed by atoms with E-state index in [0.29, 0.717) is 10.7 Å². The van der Waals surface area contributed by atoms with E-state index < -0.39 is 0 Å². The number of hydrogen-bond acceptors (Lipinski definition) is 3. The summed E-state index contributed by atoms with van der Waals surface area (Å²) in [4.78, 5) is 25.7. The van der Waals surface area contributed by atoms with Crippen molar-refractivity contribution in [3.63, 3.8) is 0 Å². The summed E-state index contributed by atoms with van der Waals surface area (Å²) in [6, 6.07) is 14.8. The number of carbonyl (C=O) groups excluding carboxylic acids is 2. The lowest BCUT2D eigenvalue weighted by atomic mass is 10.1. The smallest absolute Gasteiger partial charge is 0.244 e. The lowest BCUT2D eigenvalue weighted by Crippen LogP contribution is -2.38. The van der Waals surface area contributed by atoms with Gasteiger partial charge in [0.25, 0.3) is 0 Å². The normalized spacial score (nSPS) is 10.2. The van der Waals surface area contributed by atoms with Crippen LogP contribution < -0.4 is 10.6 Å². The van der Waals surface area contributed by atoms with Crippen molar-refractivity contribution in [2.45, 2.75) is 13.3 Å². The van der Waals surface area contributed by atoms with Crippen LogP contribution in [0, 0.1) is 0 Å². The SMILES string of the molecule is CCc1ccccc1NCC(=O)N(C)CC(=O)Nc1ccccc1Cl. The number of halogens is 1. The number of likely N-dealkylation sites (N-methyl/N-ethyl adjacent to an activating group) is 1. The highest BCUT2D eigenvalue weighted by Crippen LogP contribution is 2.20. The minimum atomic E-state index is -0.294. The van der Waals surface area contributed by atoms with E-state index in [1.54, 1.807) is 31.3 Å². The number of benzene rings is 2. The molecule has 0 unspecified atom stereocenters. The fourth-order valence-corrected chi connectivity index (χ4v) is 2.55. The van der Waals surface area contributed by atoms with Gasteiger partial charge in [-0.15, -0.1) is 0 Å². The van der Waals surface area contributed by atoms with E-state index in [2.05, 4.69) is 17.6 Å². The Labute approximate surface area is 153 Å². The highest BCUT2D eigenvalue weighted by Gasteiger charge is 2.14. The van der Waals surface area contributed by atoms with Gasteiger partial charge in [-0.2, -0.15) is 0 Å². The van der Waals surface area contributed by atoms with E-state index in [-0.39, 0.29) is 24.9 Å². The predicted octanol–water partition coefficient (Wildman–Crippen LogP) is 3.41. The number of anilines is 2. The number of aryl methyl sites for hydroxylation is 1. The third-order valence-electron chi connectivity index (χ3n) is 3.78. The molecule has 0 aliphatic carbocycles. The molecule has 0 aliphatic heterocycles. The summed E-state index contributed by atoms with van der Waals surface area (Å²) in [6.07, 6.45) is 0.882. The van der Waals surface area contributed by atoms with Crippen molar-refractivity contribution in [3.05, 3.63) is 59.1 Å². The molecule has 0 saturated carbocycles. The molecule has 0 radical (unpaired) electrons. The molecule has 2 N–H and O–H groups in total. The van der Waals surface area contributed by atoms with Crippen molar-refractivity contribution >= 4 is 34.8 Å². The Balaban J connectivity index is 1.85. The van der Waals surface area contributed by atoms with Crippen LogP contribution in [0.4, 0.5) is 11.4 Å². The minimum absolute atomic E-state index is 0.0405. The fraction of sp³-hybridized carbons (Fsp3) is 0.263. The summed E-state index contributed by atoms with van der Waals surface area (Å²) in [7, 11) is 1.60. The average molecular weight is 360 g/mol. The zero-order chi connectivity index (χ0) is 18.2. The lowest BCUT2D eigenvalue weighted by Gasteiger charge is -2.18. The number of rotatable bonds is 7. The van der Waals surface area contributed by atoms with Crippen LogP contribution in [0.5, 0.6) is 0 Å². The summed E-state index contributed by atoms with van der Waals surface area (Å²) in [5.74, 6) is -0.460. The highest BCUT2D eigenvalue weighted by atomic mass is 35.5. The van der Waals surface area contributed by atoms with E-state index in [1.165, 1.54) is 4.90 Å². The van der Waals surface area contributed by atoms with Crippen molar-refractivity contribution in [2.24, 2.45) is 0 Å². The largest absolute Gasteiger partial charge is 0.376 e. The summed E-state index contributed by atoms with van der Waals surface area (Å²) in [5, 5.41) is 6.30. The molecule has 25 heavy (non-hydrogen) atoms. The quantitative estimate of drug-likeness (QED) is 0.796. The van der Waals surface area contributed by atoms with Gasteiger partial charge in [-0.1, -0.05) is 48.9 Å². The Morgan fingerprint density at radius 3 is 2.36 bits per heavy atom. The van der Waals surface area contributed by atoms with E-state index in [1.807, 2.05) is 24.3 Å². The topological polar surface area (TPSA) is 61.4 Å². The molecule has 2 aromatic rings. The first-order chi connectivity index (χ1) is 12.0. The highest BCUT2D eigenvalue weighted by molar-refractivity contribution is 6.33. The molecule has 2 rings (SSSR count). The third-order valence-corrected chi connectivity index (χ3v) is 4.11. The standard InChI is InChI=1S/C19H22ClN3O2/c1-3-14-8-4-6-10-16(14)21-12-19(25)23(2)13-18(24)22-17-11-7-5-9-15(17)20/h4-11,21H,3,12-13H2,1-2H3,(H,22,24). The van der Waals surface area contributed by atoms with Crippen LogP contribution in [0.15, 0.2) is 48.5 Å². The van der Waals surface area contributed by atoms with Gasteiger partial charge in [0.2, 0.25) is 11.8 Å². The zero-order valence-corrected chi connectivity index (χ0v) is 15.1. The van der Waals surface area contributed by atoms with Gasteiger partial charge in [-0.3, -0.25) is 9.59 Å². The molecule has 0 aliphatic rings. The Morgan fingerprint density at radius 1 is 1.04 bits per heavy atom. The summed E-state index contributed by atoms with van der Waals surface area (Å²) in [5.41, 5.74) is 2.62. The van der Waals surface area contributed by atoms with Crippen LogP contribution in [-0.2, 0) is 16.0 Å². The molecule has 132 valence electrons. The zero-order valence-electron chi connectivity index (χ0n) is 14.4. The molecule has 0 bridgehead atoms. The number of nitrogens with zero attached hydrogens (tertiary/aromatic N) is 1. The van der Waals surface area contributed by atoms with Crippen molar-refractivity contribution in [1.29, 1.82) is 0 Å². The molecular weight excluding hydrogens is 338 g/mol. The van der Waals surface area contributed by atoms with Crippen molar-refractivity contribution < 1.29 is 9.59 Å². The van der Waals surface area contributed by atoms with Gasteiger partial charge >= 0.3 is 0 Å². The van der Waals surface area contributed by atoms with Gasteiger partial charge in [-0.05, 0) is 30.2 Å². The van der Waals surface area contributed by atoms with Gasteiger partial charge in [0.05, 0.1) is 23.8 Å². The maximum atomic E-state index is 12.2. The Bertz CT molecular complexity index is 749. The van der Waals surface area contributed by atoms with Crippen molar-refractivity contribution in [1.82, 2.24) is 4.90 Å². The van der Waals surface area contributed by atoms with Gasteiger partial charge in [0.15, 0.2) is 0 Å². The molecule has 2 amide bonds. The van der Waals surface area contributed by atoms with Gasteiger partial charge < -0.3 is 15.5 Å². The van der Waals surface area contributed by atoms with Crippen molar-refractivity contribution in [2.75, 3.05) is 30.8 Å². The number of para-hydroxylation sites is 2. The molecule has 5 nitrogen and oxygen atoms in total. The van der Waals surface area contributed by atoms with Gasteiger partial charge in [-0.25, -0.2) is 0 Å². The molecule has 0 atom stereocenters. The maximum absolute atomic E-state index is 12.2. The summed E-state index contributed by atoms with van der Waals surface area (Å²) in [6.45, 7) is 2.15. The molecule has 2 aromatic carbocycles. The maximum Gasteiger partial charge on any atom is 0.244 e. The second kappa shape index (κ2) is 9.08. The van der Waals surface area contributed by atoms with Crippen LogP contribution in [0.25, 0.3) is 0 Å².